The van der Waals surface area contributed by atoms with Crippen molar-refractivity contribution in [3.63, 3.8) is 0 Å². The molecular formula is C30H40S4Si. The average molecular weight is 557 g/mol. The van der Waals surface area contributed by atoms with E-state index in [1.165, 1.54) is 94.8 Å². The summed E-state index contributed by atoms with van der Waals surface area (Å²) in [5.74, 6) is 0. The first kappa shape index (κ1) is 27.1. The molecule has 0 spiro atoms. The Morgan fingerprint density at radius 2 is 1.03 bits per heavy atom. The SMILES string of the molecule is CCCCCCc1csc(-c2ccc([Si](C)(C)c3ccc(-c4cc(CCCCCC)cs4)s3)s2)c1. The van der Waals surface area contributed by atoms with Gasteiger partial charge in [0.05, 0.1) is 0 Å². The molecule has 0 N–H and O–H groups in total. The molecule has 0 amide bonds. The molecule has 4 aromatic heterocycles. The van der Waals surface area contributed by atoms with Crippen LogP contribution in [0.5, 0.6) is 0 Å². The van der Waals surface area contributed by atoms with Gasteiger partial charge in [0, 0.05) is 19.5 Å². The highest BCUT2D eigenvalue weighted by Crippen LogP contribution is 2.34. The Balaban J connectivity index is 1.41. The van der Waals surface area contributed by atoms with E-state index in [1.807, 2.05) is 45.3 Å². The number of hydrogen-bond donors (Lipinski definition) is 0. The van der Waals surface area contributed by atoms with Gasteiger partial charge in [-0.1, -0.05) is 77.6 Å². The predicted molar refractivity (Wildman–Crippen MR) is 168 cm³/mol. The van der Waals surface area contributed by atoms with Crippen molar-refractivity contribution in [1.82, 2.24) is 0 Å². The van der Waals surface area contributed by atoms with Crippen molar-refractivity contribution in [1.29, 1.82) is 0 Å². The van der Waals surface area contributed by atoms with Crippen LogP contribution in [0.3, 0.4) is 0 Å². The maximum absolute atomic E-state index is 2.53. The summed E-state index contributed by atoms with van der Waals surface area (Å²) >= 11 is 7.93. The van der Waals surface area contributed by atoms with Crippen LogP contribution in [-0.2, 0) is 12.8 Å². The molecule has 0 aliphatic heterocycles. The highest BCUT2D eigenvalue weighted by molar-refractivity contribution is 7.39. The van der Waals surface area contributed by atoms with Crippen LogP contribution < -0.4 is 9.00 Å². The summed E-state index contributed by atoms with van der Waals surface area (Å²) in [5, 5.41) is 4.77. The van der Waals surface area contributed by atoms with Crippen molar-refractivity contribution < 1.29 is 0 Å². The minimum Gasteiger partial charge on any atom is -0.144 e. The van der Waals surface area contributed by atoms with Gasteiger partial charge in [0.2, 0.25) is 0 Å². The molecule has 0 saturated carbocycles. The number of hydrogen-bond acceptors (Lipinski definition) is 4. The molecule has 4 rings (SSSR count). The van der Waals surface area contributed by atoms with Crippen LogP contribution in [-0.4, -0.2) is 8.07 Å². The zero-order valence-electron chi connectivity index (χ0n) is 21.8. The van der Waals surface area contributed by atoms with E-state index in [0.717, 1.165) is 0 Å². The monoisotopic (exact) mass is 556 g/mol. The van der Waals surface area contributed by atoms with Crippen molar-refractivity contribution in [3.8, 4) is 19.5 Å². The van der Waals surface area contributed by atoms with Crippen molar-refractivity contribution in [3.05, 3.63) is 58.3 Å². The second-order valence-electron chi connectivity index (χ2n) is 10.2. The van der Waals surface area contributed by atoms with Gasteiger partial charge in [-0.2, -0.15) is 0 Å². The molecule has 0 nitrogen and oxygen atoms in total. The second-order valence-corrected chi connectivity index (χ2v) is 19.3. The normalized spacial score (nSPS) is 12.0. The first-order valence-electron chi connectivity index (χ1n) is 13.4. The average Bonchev–Trinajstić information content (AvgIpc) is 3.65. The fourth-order valence-corrected chi connectivity index (χ4v) is 12.9. The van der Waals surface area contributed by atoms with Crippen LogP contribution in [0.1, 0.15) is 76.3 Å². The van der Waals surface area contributed by atoms with Crippen LogP contribution in [0.4, 0.5) is 0 Å². The molecule has 0 atom stereocenters. The van der Waals surface area contributed by atoms with Gasteiger partial charge in [0.15, 0.2) is 0 Å². The third-order valence-electron chi connectivity index (χ3n) is 6.88. The van der Waals surface area contributed by atoms with Gasteiger partial charge in [0.1, 0.15) is 8.07 Å². The van der Waals surface area contributed by atoms with Gasteiger partial charge in [0.25, 0.3) is 0 Å². The van der Waals surface area contributed by atoms with Crippen LogP contribution in [0.25, 0.3) is 19.5 Å². The Kier molecular flexibility index (Phi) is 10.1. The third-order valence-corrected chi connectivity index (χ3v) is 17.5. The van der Waals surface area contributed by atoms with Crippen LogP contribution in [0.2, 0.25) is 13.1 Å². The van der Waals surface area contributed by atoms with Crippen LogP contribution in [0, 0.1) is 0 Å². The van der Waals surface area contributed by atoms with E-state index in [9.17, 15) is 0 Å². The summed E-state index contributed by atoms with van der Waals surface area (Å²) in [6, 6.07) is 14.5. The predicted octanol–water partition coefficient (Wildman–Crippen LogP) is 10.3. The topological polar surface area (TPSA) is 0 Å². The molecule has 0 unspecified atom stereocenters. The Morgan fingerprint density at radius 1 is 0.571 bits per heavy atom. The van der Waals surface area contributed by atoms with E-state index < -0.39 is 8.07 Å². The van der Waals surface area contributed by atoms with Gasteiger partial charge in [-0.25, -0.2) is 0 Å². The minimum atomic E-state index is -1.68. The Labute approximate surface area is 230 Å². The lowest BCUT2D eigenvalue weighted by molar-refractivity contribution is 0.667. The quantitative estimate of drug-likeness (QED) is 0.107. The summed E-state index contributed by atoms with van der Waals surface area (Å²) in [5.41, 5.74) is 3.05. The van der Waals surface area contributed by atoms with Gasteiger partial charge in [-0.15, -0.1) is 45.3 Å². The highest BCUT2D eigenvalue weighted by Gasteiger charge is 2.30. The van der Waals surface area contributed by atoms with Gasteiger partial charge in [-0.05, 0) is 80.8 Å². The number of thiophene rings is 4. The lowest BCUT2D eigenvalue weighted by Gasteiger charge is -2.18. The summed E-state index contributed by atoms with van der Waals surface area (Å²) in [4.78, 5) is 5.81. The molecule has 0 aromatic carbocycles. The van der Waals surface area contributed by atoms with Crippen molar-refractivity contribution >= 4 is 62.4 Å². The molecule has 4 heterocycles. The van der Waals surface area contributed by atoms with Crippen LogP contribution >= 0.6 is 45.3 Å². The zero-order valence-corrected chi connectivity index (χ0v) is 26.1. The molecule has 0 saturated heterocycles. The van der Waals surface area contributed by atoms with E-state index >= 15 is 0 Å². The smallest absolute Gasteiger partial charge is 0.137 e. The first-order chi connectivity index (χ1) is 17.0. The zero-order chi connectivity index (χ0) is 24.7. The van der Waals surface area contributed by atoms with E-state index in [4.69, 9.17) is 0 Å². The second kappa shape index (κ2) is 13.0. The fraction of sp³-hybridized carbons (Fsp3) is 0.467. The number of unbranched alkanes of at least 4 members (excludes halogenated alkanes) is 6. The molecule has 0 fully saturated rings. The maximum Gasteiger partial charge on any atom is 0.137 e. The van der Waals surface area contributed by atoms with E-state index in [1.54, 1.807) is 9.00 Å². The first-order valence-corrected chi connectivity index (χ1v) is 19.8. The van der Waals surface area contributed by atoms with Gasteiger partial charge in [-0.3, -0.25) is 0 Å². The molecule has 0 aliphatic carbocycles. The molecule has 4 aromatic rings. The molecular weight excluding hydrogens is 517 g/mol. The summed E-state index contributed by atoms with van der Waals surface area (Å²) in [6.07, 6.45) is 13.2. The van der Waals surface area contributed by atoms with Gasteiger partial charge >= 0.3 is 0 Å². The Morgan fingerprint density at radius 3 is 1.46 bits per heavy atom. The summed E-state index contributed by atoms with van der Waals surface area (Å²) < 4.78 is 3.20. The largest absolute Gasteiger partial charge is 0.144 e. The van der Waals surface area contributed by atoms with Crippen molar-refractivity contribution in [2.75, 3.05) is 0 Å². The molecule has 0 aliphatic rings. The third kappa shape index (κ3) is 7.07. The Hall–Kier alpha value is -0.983. The standard InChI is InChI=1S/C30H40S4Si/c1-5-7-9-11-13-23-19-27(31-21-23)25-15-17-29(33-25)35(3,4)30-18-16-26(34-30)28-20-24(22-32-28)14-12-10-8-6-2/h15-22H,5-14H2,1-4H3. The number of aryl methyl sites for hydroxylation is 2. The van der Waals surface area contributed by atoms with E-state index in [2.05, 4.69) is 74.1 Å². The molecule has 0 bridgehead atoms. The van der Waals surface area contributed by atoms with E-state index in [0.29, 0.717) is 0 Å². The summed E-state index contributed by atoms with van der Waals surface area (Å²) in [7, 11) is -1.68. The Bertz CT molecular complexity index is 1080. The van der Waals surface area contributed by atoms with Crippen molar-refractivity contribution in [2.24, 2.45) is 0 Å². The fourth-order valence-electron chi connectivity index (χ4n) is 4.52. The molecule has 5 heteroatoms. The molecule has 188 valence electrons. The highest BCUT2D eigenvalue weighted by atomic mass is 32.1. The van der Waals surface area contributed by atoms with Gasteiger partial charge < -0.3 is 0 Å². The lowest BCUT2D eigenvalue weighted by atomic mass is 10.1. The minimum absolute atomic E-state index is 1.23. The maximum atomic E-state index is 2.53. The van der Waals surface area contributed by atoms with Crippen molar-refractivity contribution in [2.45, 2.75) is 91.1 Å². The molecule has 0 radical (unpaired) electrons. The van der Waals surface area contributed by atoms with E-state index in [-0.39, 0.29) is 0 Å². The molecule has 35 heavy (non-hydrogen) atoms. The number of rotatable bonds is 14. The lowest BCUT2D eigenvalue weighted by Crippen LogP contribution is -2.49. The van der Waals surface area contributed by atoms with Crippen LogP contribution in [0.15, 0.2) is 47.2 Å². The summed E-state index contributed by atoms with van der Waals surface area (Å²) in [6.45, 7) is 9.62.